The molecule has 1 aliphatic heterocycles. The average Bonchev–Trinajstić information content (AvgIpc) is 1.14. The number of ether oxygens (including phenoxy) is 3. The minimum atomic E-state index is -1.62. The van der Waals surface area contributed by atoms with E-state index in [0.717, 1.165) is 83.5 Å². The van der Waals surface area contributed by atoms with Crippen LogP contribution in [0.1, 0.15) is 361 Å². The van der Waals surface area contributed by atoms with Crippen LogP contribution in [0.25, 0.3) is 0 Å². The number of nitrogens with one attached hydrogen (secondary N) is 1. The van der Waals surface area contributed by atoms with Gasteiger partial charge in [-0.1, -0.05) is 331 Å². The van der Waals surface area contributed by atoms with Gasteiger partial charge in [0.15, 0.2) is 12.4 Å². The average molecular weight is 1280 g/mol. The van der Waals surface area contributed by atoms with Crippen LogP contribution in [0, 0.1) is 0 Å². The number of hydrogen-bond donors (Lipinski definition) is 6. The first-order chi connectivity index (χ1) is 44.7. The minimum absolute atomic E-state index is 0.119. The largest absolute Gasteiger partial charge is 0.454 e. The van der Waals surface area contributed by atoms with Gasteiger partial charge in [0.2, 0.25) is 5.91 Å². The molecule has 6 N–H and O–H groups in total. The molecule has 1 amide bonds. The van der Waals surface area contributed by atoms with Crippen molar-refractivity contribution < 1.29 is 49.3 Å². The van der Waals surface area contributed by atoms with E-state index >= 15 is 0 Å². The van der Waals surface area contributed by atoms with E-state index in [4.69, 9.17) is 14.2 Å². The Kier molecular flexibility index (Phi) is 63.5. The molecule has 530 valence electrons. The Morgan fingerprint density at radius 3 is 1.16 bits per heavy atom. The standard InChI is InChI=1S/C80H145NO10/c1-4-7-10-13-16-19-22-24-26-28-30-32-34-36-37-38-40-42-44-46-48-50-53-56-59-62-65-68-75(85)91-78-77(87)76(86)74(69-82)90-80(78)89-70-71(72(83)66-63-60-57-54-51-21-18-15-12-9-6-3)81-79(88)73(84)67-64-61-58-55-52-49-47-45-43-41-39-35-33-31-29-27-25-23-20-17-14-11-8-5-2/h16,19,24-27,30,32,36-37,63,66,71-74,76-78,80,82-84,86-87H,4-15,17-18,20-23,28-29,31,33-35,38-62,64-65,67-70H2,1-3H3,(H,81,88)/b19-16-,26-24-,27-25+,32-30-,37-36-,66-63+. The molecule has 0 spiro atoms. The first-order valence-corrected chi connectivity index (χ1v) is 38.7. The summed E-state index contributed by atoms with van der Waals surface area (Å²) in [5.41, 5.74) is 0. The lowest BCUT2D eigenvalue weighted by Gasteiger charge is -2.41. The Morgan fingerprint density at radius 2 is 0.758 bits per heavy atom. The van der Waals surface area contributed by atoms with Crippen LogP contribution in [-0.4, -0.2) is 99.6 Å². The zero-order valence-electron chi connectivity index (χ0n) is 59.2. The molecule has 91 heavy (non-hydrogen) atoms. The summed E-state index contributed by atoms with van der Waals surface area (Å²) in [6.07, 6.45) is 78.1. The van der Waals surface area contributed by atoms with Crippen LogP contribution in [0.15, 0.2) is 72.9 Å². The van der Waals surface area contributed by atoms with E-state index in [1.54, 1.807) is 6.08 Å². The van der Waals surface area contributed by atoms with Crippen LogP contribution < -0.4 is 5.32 Å². The molecule has 0 bridgehead atoms. The van der Waals surface area contributed by atoms with Crippen LogP contribution in [0.5, 0.6) is 0 Å². The summed E-state index contributed by atoms with van der Waals surface area (Å²) in [7, 11) is 0. The van der Waals surface area contributed by atoms with Crippen LogP contribution in [0.3, 0.4) is 0 Å². The van der Waals surface area contributed by atoms with E-state index < -0.39 is 67.4 Å². The highest BCUT2D eigenvalue weighted by Gasteiger charge is 2.47. The number of unbranched alkanes of at least 4 members (excludes halogenated alkanes) is 43. The van der Waals surface area contributed by atoms with Crippen LogP contribution in [-0.2, 0) is 23.8 Å². The molecule has 0 aromatic rings. The maximum Gasteiger partial charge on any atom is 0.306 e. The van der Waals surface area contributed by atoms with Gasteiger partial charge in [-0.25, -0.2) is 0 Å². The topological polar surface area (TPSA) is 175 Å². The lowest BCUT2D eigenvalue weighted by molar-refractivity contribution is -0.305. The third-order valence-corrected chi connectivity index (χ3v) is 18.1. The zero-order valence-corrected chi connectivity index (χ0v) is 59.2. The van der Waals surface area contributed by atoms with Gasteiger partial charge in [-0.15, -0.1) is 0 Å². The predicted octanol–water partition coefficient (Wildman–Crippen LogP) is 20.6. The van der Waals surface area contributed by atoms with E-state index in [9.17, 15) is 35.1 Å². The minimum Gasteiger partial charge on any atom is -0.454 e. The SMILES string of the molecule is CCCCC/C=C\C/C=C\C/C=C\C/C=C\CCCCCCCCCCCCCC(=O)OC1C(OCC(NC(=O)C(O)CCCCCCCCCCCCCCCC/C=C/CCCCCCCC)C(O)/C=C/CCCCCCCCCCC)OC(CO)C(O)C1O. The maximum atomic E-state index is 13.5. The summed E-state index contributed by atoms with van der Waals surface area (Å²) in [5, 5.41) is 57.3. The fraction of sp³-hybridized carbons (Fsp3) is 0.825. The Morgan fingerprint density at radius 1 is 0.429 bits per heavy atom. The van der Waals surface area contributed by atoms with Gasteiger partial charge < -0.3 is 45.1 Å². The number of aliphatic hydroxyl groups is 5. The number of allylic oxidation sites excluding steroid dienone is 11. The lowest BCUT2D eigenvalue weighted by atomic mass is 9.99. The van der Waals surface area contributed by atoms with Crippen molar-refractivity contribution in [1.82, 2.24) is 5.32 Å². The van der Waals surface area contributed by atoms with E-state index in [1.165, 1.54) is 231 Å². The van der Waals surface area contributed by atoms with Gasteiger partial charge in [0, 0.05) is 6.42 Å². The predicted molar refractivity (Wildman–Crippen MR) is 384 cm³/mol. The van der Waals surface area contributed by atoms with E-state index in [1.807, 2.05) is 6.08 Å². The van der Waals surface area contributed by atoms with Gasteiger partial charge >= 0.3 is 5.97 Å². The molecule has 1 fully saturated rings. The summed E-state index contributed by atoms with van der Waals surface area (Å²) >= 11 is 0. The summed E-state index contributed by atoms with van der Waals surface area (Å²) in [6.45, 7) is 5.80. The van der Waals surface area contributed by atoms with Crippen LogP contribution >= 0.6 is 0 Å². The van der Waals surface area contributed by atoms with E-state index in [2.05, 4.69) is 86.8 Å². The molecule has 11 heteroatoms. The highest BCUT2D eigenvalue weighted by molar-refractivity contribution is 5.80. The molecule has 1 heterocycles. The fourth-order valence-electron chi connectivity index (χ4n) is 12.0. The molecule has 8 atom stereocenters. The van der Waals surface area contributed by atoms with Crippen molar-refractivity contribution in [2.45, 2.75) is 410 Å². The molecule has 11 nitrogen and oxygen atoms in total. The van der Waals surface area contributed by atoms with Crippen LogP contribution in [0.2, 0.25) is 0 Å². The Hall–Kier alpha value is -2.90. The molecule has 8 unspecified atom stereocenters. The fourth-order valence-corrected chi connectivity index (χ4v) is 12.0. The molecule has 0 aromatic heterocycles. The number of carbonyl (C=O) groups excluding carboxylic acids is 2. The summed E-state index contributed by atoms with van der Waals surface area (Å²) in [5.74, 6) is -1.19. The van der Waals surface area contributed by atoms with Crippen molar-refractivity contribution >= 4 is 11.9 Å². The number of hydrogen-bond acceptors (Lipinski definition) is 10. The van der Waals surface area contributed by atoms with Crippen molar-refractivity contribution in [1.29, 1.82) is 0 Å². The Balaban J connectivity index is 2.49. The maximum absolute atomic E-state index is 13.5. The van der Waals surface area contributed by atoms with Crippen molar-refractivity contribution in [2.24, 2.45) is 0 Å². The smallest absolute Gasteiger partial charge is 0.306 e. The Bertz CT molecular complexity index is 1760. The van der Waals surface area contributed by atoms with E-state index in [0.29, 0.717) is 19.3 Å². The molecular formula is C80H145NO10. The quantitative estimate of drug-likeness (QED) is 0.0195. The van der Waals surface area contributed by atoms with Crippen molar-refractivity contribution in [3.8, 4) is 0 Å². The first kappa shape index (κ1) is 86.1. The third kappa shape index (κ3) is 54.0. The number of carbonyl (C=O) groups is 2. The van der Waals surface area contributed by atoms with Gasteiger partial charge in [-0.05, 0) is 96.3 Å². The van der Waals surface area contributed by atoms with Gasteiger partial charge in [0.1, 0.15) is 24.4 Å². The molecular weight excluding hydrogens is 1130 g/mol. The van der Waals surface area contributed by atoms with Crippen molar-refractivity contribution in [2.75, 3.05) is 13.2 Å². The van der Waals surface area contributed by atoms with Gasteiger partial charge in [-0.2, -0.15) is 0 Å². The van der Waals surface area contributed by atoms with Gasteiger partial charge in [0.05, 0.1) is 25.4 Å². The molecule has 1 aliphatic rings. The number of aliphatic hydroxyl groups excluding tert-OH is 5. The van der Waals surface area contributed by atoms with Gasteiger partial charge in [-0.3, -0.25) is 9.59 Å². The number of rotatable bonds is 67. The molecule has 0 aliphatic carbocycles. The van der Waals surface area contributed by atoms with Crippen molar-refractivity contribution in [3.63, 3.8) is 0 Å². The van der Waals surface area contributed by atoms with Gasteiger partial charge in [0.25, 0.3) is 0 Å². The second-order valence-corrected chi connectivity index (χ2v) is 26.7. The van der Waals surface area contributed by atoms with E-state index in [-0.39, 0.29) is 13.0 Å². The zero-order chi connectivity index (χ0) is 66.0. The number of amides is 1. The second kappa shape index (κ2) is 67.1. The van der Waals surface area contributed by atoms with Crippen molar-refractivity contribution in [3.05, 3.63) is 72.9 Å². The van der Waals surface area contributed by atoms with Crippen LogP contribution in [0.4, 0.5) is 0 Å². The molecule has 1 saturated heterocycles. The molecule has 0 saturated carbocycles. The highest BCUT2D eigenvalue weighted by Crippen LogP contribution is 2.27. The molecule has 0 aromatic carbocycles. The third-order valence-electron chi connectivity index (χ3n) is 18.1. The summed E-state index contributed by atoms with van der Waals surface area (Å²) in [6, 6.07) is -1.03. The Labute approximate surface area is 560 Å². The summed E-state index contributed by atoms with van der Waals surface area (Å²) in [4.78, 5) is 26.7. The normalized spacial score (nSPS) is 18.4. The second-order valence-electron chi connectivity index (χ2n) is 26.7. The molecule has 1 rings (SSSR count). The highest BCUT2D eigenvalue weighted by atomic mass is 16.7. The number of esters is 1. The molecule has 0 radical (unpaired) electrons. The lowest BCUT2D eigenvalue weighted by Crippen LogP contribution is -2.61. The monoisotopic (exact) mass is 1280 g/mol. The first-order valence-electron chi connectivity index (χ1n) is 38.7. The summed E-state index contributed by atoms with van der Waals surface area (Å²) < 4.78 is 17.7.